The molecule has 4 saturated carbocycles. The predicted octanol–water partition coefficient (Wildman–Crippen LogP) is 3.09. The number of anilines is 1. The molecule has 0 aromatic carbocycles. The molecule has 5 aliphatic rings. The van der Waals surface area contributed by atoms with Crippen molar-refractivity contribution >= 4 is 23.3 Å². The Morgan fingerprint density at radius 1 is 1.19 bits per heavy atom. The van der Waals surface area contributed by atoms with Gasteiger partial charge in [-0.15, -0.1) is 0 Å². The second-order valence-electron chi connectivity index (χ2n) is 9.36. The van der Waals surface area contributed by atoms with Crippen molar-refractivity contribution in [1.82, 2.24) is 15.6 Å². The molecule has 5 nitrogen and oxygen atoms in total. The largest absolute Gasteiger partial charge is 0.354 e. The fourth-order valence-electron chi connectivity index (χ4n) is 6.54. The lowest BCUT2D eigenvalue weighted by atomic mass is 9.49. The van der Waals surface area contributed by atoms with Crippen LogP contribution in [0.3, 0.4) is 0 Å². The van der Waals surface area contributed by atoms with Crippen LogP contribution in [0.2, 0.25) is 5.02 Å². The first kappa shape index (κ1) is 17.7. The molecule has 5 fully saturated rings. The van der Waals surface area contributed by atoms with E-state index in [0.717, 1.165) is 56.3 Å². The Hall–Kier alpha value is -1.33. The molecule has 1 aliphatic heterocycles. The topological polar surface area (TPSA) is 57.3 Å². The van der Waals surface area contributed by atoms with Crippen LogP contribution in [-0.4, -0.2) is 43.6 Å². The summed E-state index contributed by atoms with van der Waals surface area (Å²) in [5, 5.41) is 7.03. The highest BCUT2D eigenvalue weighted by atomic mass is 35.5. The molecular formula is C21H29ClN4O. The van der Waals surface area contributed by atoms with Crippen LogP contribution in [-0.2, 0) is 0 Å². The maximum atomic E-state index is 12.9. The number of hydrogen-bond donors (Lipinski definition) is 2. The van der Waals surface area contributed by atoms with Gasteiger partial charge in [-0.3, -0.25) is 4.79 Å². The molecule has 6 heteroatoms. The van der Waals surface area contributed by atoms with Gasteiger partial charge in [0.1, 0.15) is 5.82 Å². The molecule has 146 valence electrons. The third-order valence-corrected chi connectivity index (χ3v) is 7.62. The Kier molecular flexibility index (Phi) is 4.55. The smallest absolute Gasteiger partial charge is 0.253 e. The highest BCUT2D eigenvalue weighted by Crippen LogP contribution is 2.59. The van der Waals surface area contributed by atoms with Crippen molar-refractivity contribution < 1.29 is 4.79 Å². The molecule has 2 N–H and O–H groups in total. The zero-order valence-corrected chi connectivity index (χ0v) is 16.6. The second-order valence-corrected chi connectivity index (χ2v) is 9.77. The zero-order chi connectivity index (χ0) is 18.4. The molecule has 4 aliphatic carbocycles. The number of hydrogen-bond acceptors (Lipinski definition) is 4. The van der Waals surface area contributed by atoms with Crippen LogP contribution in [0.1, 0.15) is 48.9 Å². The van der Waals surface area contributed by atoms with Crippen LogP contribution in [0.4, 0.5) is 5.82 Å². The van der Waals surface area contributed by atoms with Crippen LogP contribution in [0.5, 0.6) is 0 Å². The van der Waals surface area contributed by atoms with Crippen molar-refractivity contribution in [3.05, 3.63) is 22.8 Å². The molecule has 6 rings (SSSR count). The number of carbonyl (C=O) groups is 1. The zero-order valence-electron chi connectivity index (χ0n) is 15.8. The molecule has 1 aromatic rings. The summed E-state index contributed by atoms with van der Waals surface area (Å²) in [7, 11) is 0. The number of carbonyl (C=O) groups excluding carboxylic acids is 1. The summed E-state index contributed by atoms with van der Waals surface area (Å²) in [6.45, 7) is 4.50. The lowest BCUT2D eigenvalue weighted by Gasteiger charge is -2.56. The number of piperazine rings is 1. The van der Waals surface area contributed by atoms with Gasteiger partial charge in [0, 0.05) is 38.9 Å². The first-order valence-electron chi connectivity index (χ1n) is 10.5. The van der Waals surface area contributed by atoms with E-state index >= 15 is 0 Å². The third-order valence-electron chi connectivity index (χ3n) is 7.32. The Morgan fingerprint density at radius 3 is 2.44 bits per heavy atom. The Labute approximate surface area is 166 Å². The van der Waals surface area contributed by atoms with Gasteiger partial charge in [0.25, 0.3) is 5.91 Å². The molecule has 2 heterocycles. The van der Waals surface area contributed by atoms with Crippen molar-refractivity contribution in [1.29, 1.82) is 0 Å². The first-order chi connectivity index (χ1) is 13.1. The van der Waals surface area contributed by atoms with E-state index in [2.05, 4.69) is 20.5 Å². The van der Waals surface area contributed by atoms with Gasteiger partial charge < -0.3 is 15.5 Å². The van der Waals surface area contributed by atoms with E-state index in [9.17, 15) is 4.79 Å². The highest BCUT2D eigenvalue weighted by Gasteiger charge is 2.50. The minimum absolute atomic E-state index is 0.0467. The third kappa shape index (κ3) is 3.44. The SMILES string of the molecule is O=C(NCC12CC3CC(CC(C3)C1)C2)c1cc(N2CCNCC2)ncc1Cl. The summed E-state index contributed by atoms with van der Waals surface area (Å²) in [6, 6.07) is 1.86. The average molecular weight is 389 g/mol. The number of nitrogens with one attached hydrogen (secondary N) is 2. The number of aromatic nitrogens is 1. The van der Waals surface area contributed by atoms with Crippen molar-refractivity contribution in [2.75, 3.05) is 37.6 Å². The maximum absolute atomic E-state index is 12.9. The molecule has 1 aromatic heterocycles. The molecular weight excluding hydrogens is 360 g/mol. The van der Waals surface area contributed by atoms with Gasteiger partial charge in [-0.25, -0.2) is 4.98 Å². The van der Waals surface area contributed by atoms with E-state index in [1.165, 1.54) is 38.5 Å². The van der Waals surface area contributed by atoms with Crippen molar-refractivity contribution in [2.24, 2.45) is 23.2 Å². The predicted molar refractivity (Wildman–Crippen MR) is 107 cm³/mol. The molecule has 4 bridgehead atoms. The van der Waals surface area contributed by atoms with Gasteiger partial charge in [-0.05, 0) is 67.8 Å². The Morgan fingerprint density at radius 2 is 1.81 bits per heavy atom. The summed E-state index contributed by atoms with van der Waals surface area (Å²) in [5.74, 6) is 3.50. The summed E-state index contributed by atoms with van der Waals surface area (Å²) in [5.41, 5.74) is 0.899. The summed E-state index contributed by atoms with van der Waals surface area (Å²) < 4.78 is 0. The first-order valence-corrected chi connectivity index (χ1v) is 10.9. The standard InChI is InChI=1S/C21H29ClN4O/c22-18-12-24-19(26-3-1-23-2-4-26)8-17(18)20(27)25-13-21-9-14-5-15(10-21)7-16(6-14)11-21/h8,12,14-16,23H,1-7,9-11,13H2,(H,25,27). The normalized spacial score (nSPS) is 34.7. The van der Waals surface area contributed by atoms with E-state index < -0.39 is 0 Å². The van der Waals surface area contributed by atoms with E-state index in [1.54, 1.807) is 6.20 Å². The average Bonchev–Trinajstić information content (AvgIpc) is 2.66. The van der Waals surface area contributed by atoms with Crippen LogP contribution < -0.4 is 15.5 Å². The Bertz CT molecular complexity index is 696. The molecule has 0 unspecified atom stereocenters. The minimum atomic E-state index is -0.0467. The van der Waals surface area contributed by atoms with E-state index in [4.69, 9.17) is 11.6 Å². The lowest BCUT2D eigenvalue weighted by Crippen LogP contribution is -2.51. The van der Waals surface area contributed by atoms with Crippen LogP contribution in [0.25, 0.3) is 0 Å². The quantitative estimate of drug-likeness (QED) is 0.832. The molecule has 0 atom stereocenters. The fraction of sp³-hybridized carbons (Fsp3) is 0.714. The summed E-state index contributed by atoms with van der Waals surface area (Å²) in [6.07, 6.45) is 9.81. The Balaban J connectivity index is 1.28. The monoisotopic (exact) mass is 388 g/mol. The number of rotatable bonds is 4. The van der Waals surface area contributed by atoms with E-state index in [-0.39, 0.29) is 5.91 Å². The van der Waals surface area contributed by atoms with Crippen LogP contribution >= 0.6 is 11.6 Å². The summed E-state index contributed by atoms with van der Waals surface area (Å²) in [4.78, 5) is 19.6. The number of pyridine rings is 1. The molecule has 1 amide bonds. The minimum Gasteiger partial charge on any atom is -0.354 e. The van der Waals surface area contributed by atoms with Gasteiger partial charge in [0.15, 0.2) is 0 Å². The molecule has 0 spiro atoms. The van der Waals surface area contributed by atoms with Gasteiger partial charge in [-0.2, -0.15) is 0 Å². The molecule has 0 radical (unpaired) electrons. The summed E-state index contributed by atoms with van der Waals surface area (Å²) >= 11 is 6.33. The van der Waals surface area contributed by atoms with E-state index in [1.807, 2.05) is 6.07 Å². The van der Waals surface area contributed by atoms with Crippen LogP contribution in [0.15, 0.2) is 12.3 Å². The highest BCUT2D eigenvalue weighted by molar-refractivity contribution is 6.33. The maximum Gasteiger partial charge on any atom is 0.253 e. The number of halogens is 1. The van der Waals surface area contributed by atoms with Gasteiger partial charge >= 0.3 is 0 Å². The lowest BCUT2D eigenvalue weighted by molar-refractivity contribution is -0.0503. The van der Waals surface area contributed by atoms with Crippen LogP contribution in [0, 0.1) is 23.2 Å². The van der Waals surface area contributed by atoms with Crippen molar-refractivity contribution in [3.8, 4) is 0 Å². The molecule has 1 saturated heterocycles. The van der Waals surface area contributed by atoms with E-state index in [0.29, 0.717) is 16.0 Å². The number of nitrogens with zero attached hydrogens (tertiary/aromatic N) is 2. The second kappa shape index (κ2) is 6.93. The fourth-order valence-corrected chi connectivity index (χ4v) is 6.73. The molecule has 27 heavy (non-hydrogen) atoms. The van der Waals surface area contributed by atoms with Gasteiger partial charge in [0.05, 0.1) is 10.6 Å². The van der Waals surface area contributed by atoms with Gasteiger partial charge in [0.2, 0.25) is 0 Å². The van der Waals surface area contributed by atoms with Crippen molar-refractivity contribution in [3.63, 3.8) is 0 Å². The number of amides is 1. The van der Waals surface area contributed by atoms with Crippen molar-refractivity contribution in [2.45, 2.75) is 38.5 Å². The van der Waals surface area contributed by atoms with Gasteiger partial charge in [-0.1, -0.05) is 11.6 Å².